The molecule has 0 amide bonds. The van der Waals surface area contributed by atoms with Crippen LogP contribution in [0.2, 0.25) is 0 Å². The van der Waals surface area contributed by atoms with Gasteiger partial charge in [-0.2, -0.15) is 11.8 Å². The van der Waals surface area contributed by atoms with Crippen LogP contribution < -0.4 is 10.1 Å². The van der Waals surface area contributed by atoms with Gasteiger partial charge in [-0.25, -0.2) is 0 Å². The highest BCUT2D eigenvalue weighted by atomic mass is 32.2. The van der Waals surface area contributed by atoms with Gasteiger partial charge in [0.25, 0.3) is 0 Å². The molecule has 19 heavy (non-hydrogen) atoms. The Morgan fingerprint density at radius 1 is 1.21 bits per heavy atom. The highest BCUT2D eigenvalue weighted by molar-refractivity contribution is 7.99. The highest BCUT2D eigenvalue weighted by Crippen LogP contribution is 2.27. The molecule has 108 valence electrons. The molecule has 1 atom stereocenters. The predicted molar refractivity (Wildman–Crippen MR) is 86.3 cm³/mol. The number of benzene rings is 1. The van der Waals surface area contributed by atoms with Crippen LogP contribution in [0.1, 0.15) is 45.2 Å². The Morgan fingerprint density at radius 3 is 2.68 bits per heavy atom. The Morgan fingerprint density at radius 2 is 2.00 bits per heavy atom. The summed E-state index contributed by atoms with van der Waals surface area (Å²) in [4.78, 5) is 0. The Hall–Kier alpha value is -0.670. The molecular weight excluding hydrogens is 254 g/mol. The Bertz CT molecular complexity index is 343. The molecule has 2 nitrogen and oxygen atoms in total. The molecule has 3 heteroatoms. The maximum absolute atomic E-state index is 5.96. The van der Waals surface area contributed by atoms with Gasteiger partial charge in [0.15, 0.2) is 0 Å². The van der Waals surface area contributed by atoms with Gasteiger partial charge in [-0.3, -0.25) is 0 Å². The van der Waals surface area contributed by atoms with Gasteiger partial charge >= 0.3 is 0 Å². The van der Waals surface area contributed by atoms with Crippen molar-refractivity contribution in [3.63, 3.8) is 0 Å². The first kappa shape index (κ1) is 16.4. The van der Waals surface area contributed by atoms with Crippen molar-refractivity contribution in [2.24, 2.45) is 0 Å². The zero-order valence-corrected chi connectivity index (χ0v) is 13.3. The van der Waals surface area contributed by atoms with E-state index in [9.17, 15) is 0 Å². The van der Waals surface area contributed by atoms with E-state index in [1.807, 2.05) is 11.8 Å². The SMILES string of the molecule is CCNC(CC)c1ccccc1OCCCSCC. The van der Waals surface area contributed by atoms with Crippen LogP contribution >= 0.6 is 11.8 Å². The van der Waals surface area contributed by atoms with E-state index < -0.39 is 0 Å². The fourth-order valence-electron chi connectivity index (χ4n) is 2.11. The number of ether oxygens (including phenoxy) is 1. The van der Waals surface area contributed by atoms with E-state index in [1.165, 1.54) is 17.1 Å². The van der Waals surface area contributed by atoms with E-state index in [1.54, 1.807) is 0 Å². The molecule has 1 aromatic rings. The molecule has 0 aliphatic rings. The highest BCUT2D eigenvalue weighted by Gasteiger charge is 2.12. The van der Waals surface area contributed by atoms with Gasteiger partial charge in [0, 0.05) is 11.6 Å². The summed E-state index contributed by atoms with van der Waals surface area (Å²) in [6, 6.07) is 8.80. The summed E-state index contributed by atoms with van der Waals surface area (Å²) >= 11 is 1.97. The van der Waals surface area contributed by atoms with Crippen molar-refractivity contribution in [1.29, 1.82) is 0 Å². The largest absolute Gasteiger partial charge is 0.493 e. The molecule has 0 bridgehead atoms. The second-order valence-electron chi connectivity index (χ2n) is 4.46. The summed E-state index contributed by atoms with van der Waals surface area (Å²) in [6.07, 6.45) is 2.20. The molecule has 0 spiro atoms. The van der Waals surface area contributed by atoms with Crippen molar-refractivity contribution >= 4 is 11.8 Å². The lowest BCUT2D eigenvalue weighted by molar-refractivity contribution is 0.311. The van der Waals surface area contributed by atoms with Crippen LogP contribution in [-0.2, 0) is 0 Å². The van der Waals surface area contributed by atoms with E-state index >= 15 is 0 Å². The van der Waals surface area contributed by atoms with E-state index in [0.717, 1.165) is 31.7 Å². The van der Waals surface area contributed by atoms with Crippen LogP contribution in [0.4, 0.5) is 0 Å². The van der Waals surface area contributed by atoms with E-state index in [2.05, 4.69) is 50.4 Å². The van der Waals surface area contributed by atoms with Gasteiger partial charge in [0.05, 0.1) is 6.61 Å². The number of hydrogen-bond acceptors (Lipinski definition) is 3. The molecular formula is C16H27NOS. The lowest BCUT2D eigenvalue weighted by Crippen LogP contribution is -2.20. The molecule has 0 saturated carbocycles. The molecule has 0 saturated heterocycles. The lowest BCUT2D eigenvalue weighted by Gasteiger charge is -2.20. The van der Waals surface area contributed by atoms with E-state index in [-0.39, 0.29) is 0 Å². The van der Waals surface area contributed by atoms with Crippen LogP contribution in [0.5, 0.6) is 5.75 Å². The van der Waals surface area contributed by atoms with Gasteiger partial charge < -0.3 is 10.1 Å². The molecule has 1 aromatic carbocycles. The summed E-state index contributed by atoms with van der Waals surface area (Å²) in [5.74, 6) is 3.41. The minimum Gasteiger partial charge on any atom is -0.493 e. The van der Waals surface area contributed by atoms with Gasteiger partial charge in [-0.1, -0.05) is 39.0 Å². The predicted octanol–water partition coefficient (Wildman–Crippen LogP) is 4.27. The van der Waals surface area contributed by atoms with Crippen molar-refractivity contribution in [3.8, 4) is 5.75 Å². The number of nitrogens with one attached hydrogen (secondary N) is 1. The second kappa shape index (κ2) is 10.2. The standard InChI is InChI=1S/C16H27NOS/c1-4-15(17-5-2)14-10-7-8-11-16(14)18-12-9-13-19-6-3/h7-8,10-11,15,17H,4-6,9,12-13H2,1-3H3. The lowest BCUT2D eigenvalue weighted by atomic mass is 10.0. The molecule has 0 aliphatic carbocycles. The zero-order chi connectivity index (χ0) is 13.9. The van der Waals surface area contributed by atoms with Gasteiger partial charge in [-0.15, -0.1) is 0 Å². The molecule has 0 aromatic heterocycles. The average Bonchev–Trinajstić information content (AvgIpc) is 2.45. The third-order valence-corrected chi connectivity index (χ3v) is 4.03. The summed E-state index contributed by atoms with van der Waals surface area (Å²) in [7, 11) is 0. The van der Waals surface area contributed by atoms with Gasteiger partial charge in [0.1, 0.15) is 5.75 Å². The molecule has 1 N–H and O–H groups in total. The van der Waals surface area contributed by atoms with Crippen LogP contribution in [0.3, 0.4) is 0 Å². The number of para-hydroxylation sites is 1. The summed E-state index contributed by atoms with van der Waals surface area (Å²) in [5.41, 5.74) is 1.29. The minimum absolute atomic E-state index is 0.395. The second-order valence-corrected chi connectivity index (χ2v) is 5.85. The van der Waals surface area contributed by atoms with E-state index in [4.69, 9.17) is 4.74 Å². The van der Waals surface area contributed by atoms with Crippen LogP contribution in [-0.4, -0.2) is 24.7 Å². The maximum Gasteiger partial charge on any atom is 0.124 e. The molecule has 0 heterocycles. The van der Waals surface area contributed by atoms with Crippen molar-refractivity contribution in [1.82, 2.24) is 5.32 Å². The first-order chi connectivity index (χ1) is 9.33. The third-order valence-electron chi connectivity index (χ3n) is 3.05. The summed E-state index contributed by atoms with van der Waals surface area (Å²) < 4.78 is 5.96. The van der Waals surface area contributed by atoms with Gasteiger partial charge in [0.2, 0.25) is 0 Å². The molecule has 0 radical (unpaired) electrons. The maximum atomic E-state index is 5.96. The molecule has 0 aliphatic heterocycles. The van der Waals surface area contributed by atoms with Crippen LogP contribution in [0.25, 0.3) is 0 Å². The monoisotopic (exact) mass is 281 g/mol. The molecule has 0 fully saturated rings. The quantitative estimate of drug-likeness (QED) is 0.647. The first-order valence-electron chi connectivity index (χ1n) is 7.36. The third kappa shape index (κ3) is 5.87. The number of rotatable bonds is 10. The van der Waals surface area contributed by atoms with Crippen molar-refractivity contribution in [2.45, 2.75) is 39.7 Å². The zero-order valence-electron chi connectivity index (χ0n) is 12.4. The van der Waals surface area contributed by atoms with Crippen molar-refractivity contribution < 1.29 is 4.74 Å². The minimum atomic E-state index is 0.395. The summed E-state index contributed by atoms with van der Waals surface area (Å²) in [5, 5.41) is 3.52. The van der Waals surface area contributed by atoms with Crippen LogP contribution in [0.15, 0.2) is 24.3 Å². The topological polar surface area (TPSA) is 21.3 Å². The first-order valence-corrected chi connectivity index (χ1v) is 8.51. The fourth-order valence-corrected chi connectivity index (χ4v) is 2.72. The van der Waals surface area contributed by atoms with Crippen LogP contribution in [0, 0.1) is 0 Å². The fraction of sp³-hybridized carbons (Fsp3) is 0.625. The Balaban J connectivity index is 2.56. The molecule has 1 unspecified atom stereocenters. The number of hydrogen-bond donors (Lipinski definition) is 1. The normalized spacial score (nSPS) is 12.4. The summed E-state index contributed by atoms with van der Waals surface area (Å²) in [6.45, 7) is 8.35. The smallest absolute Gasteiger partial charge is 0.124 e. The van der Waals surface area contributed by atoms with Crippen molar-refractivity contribution in [2.75, 3.05) is 24.7 Å². The van der Waals surface area contributed by atoms with Crippen molar-refractivity contribution in [3.05, 3.63) is 29.8 Å². The van der Waals surface area contributed by atoms with Gasteiger partial charge in [-0.05, 0) is 37.0 Å². The number of thioether (sulfide) groups is 1. The molecule has 1 rings (SSSR count). The Labute approximate surface area is 122 Å². The Kier molecular flexibility index (Phi) is 8.76. The van der Waals surface area contributed by atoms with E-state index in [0.29, 0.717) is 6.04 Å². The average molecular weight is 281 g/mol.